The molecule has 0 atom stereocenters. The van der Waals surface area contributed by atoms with E-state index >= 15 is 0 Å². The van der Waals surface area contributed by atoms with Gasteiger partial charge in [0, 0.05) is 0 Å². The second-order valence-corrected chi connectivity index (χ2v) is 5.12. The largest absolute Gasteiger partial charge is 0.465 e. The first-order chi connectivity index (χ1) is 10.5. The van der Waals surface area contributed by atoms with E-state index in [1.165, 1.54) is 14.2 Å². The number of hydrogen-bond acceptors (Lipinski definition) is 4. The number of aryl methyl sites for hydroxylation is 2. The van der Waals surface area contributed by atoms with Crippen LogP contribution in [0.3, 0.4) is 0 Å². The van der Waals surface area contributed by atoms with Gasteiger partial charge in [0.15, 0.2) is 0 Å². The van der Waals surface area contributed by atoms with Crippen molar-refractivity contribution in [3.8, 4) is 11.1 Å². The summed E-state index contributed by atoms with van der Waals surface area (Å²) in [6.07, 6.45) is 0. The standard InChI is InChI=1S/C18H18O4/c1-11-5-6-15(16(9-11)18(20)22-4)13-7-12(2)8-14(10-13)17(19)21-3/h5-10H,1-4H3. The fourth-order valence-electron chi connectivity index (χ4n) is 2.36. The molecule has 0 saturated heterocycles. The van der Waals surface area contributed by atoms with Gasteiger partial charge in [0.05, 0.1) is 25.3 Å². The fraction of sp³-hybridized carbons (Fsp3) is 0.222. The Morgan fingerprint density at radius 2 is 1.50 bits per heavy atom. The van der Waals surface area contributed by atoms with Crippen molar-refractivity contribution in [1.82, 2.24) is 0 Å². The van der Waals surface area contributed by atoms with E-state index in [1.807, 2.05) is 32.0 Å². The van der Waals surface area contributed by atoms with Gasteiger partial charge in [-0.15, -0.1) is 0 Å². The fourth-order valence-corrected chi connectivity index (χ4v) is 2.36. The van der Waals surface area contributed by atoms with Gasteiger partial charge in [-0.05, 0) is 48.7 Å². The van der Waals surface area contributed by atoms with E-state index in [0.717, 1.165) is 22.3 Å². The molecule has 0 unspecified atom stereocenters. The van der Waals surface area contributed by atoms with Gasteiger partial charge < -0.3 is 9.47 Å². The topological polar surface area (TPSA) is 52.6 Å². The molecule has 0 aromatic heterocycles. The molecular weight excluding hydrogens is 280 g/mol. The highest BCUT2D eigenvalue weighted by molar-refractivity contribution is 5.98. The predicted molar refractivity (Wildman–Crippen MR) is 84.0 cm³/mol. The third kappa shape index (κ3) is 3.17. The van der Waals surface area contributed by atoms with Crippen LogP contribution in [0.5, 0.6) is 0 Å². The maximum absolute atomic E-state index is 12.0. The zero-order valence-electron chi connectivity index (χ0n) is 13.1. The van der Waals surface area contributed by atoms with E-state index in [0.29, 0.717) is 11.1 Å². The highest BCUT2D eigenvalue weighted by atomic mass is 16.5. The van der Waals surface area contributed by atoms with Gasteiger partial charge >= 0.3 is 11.9 Å². The molecule has 0 heterocycles. The van der Waals surface area contributed by atoms with E-state index in [1.54, 1.807) is 18.2 Å². The lowest BCUT2D eigenvalue weighted by atomic mass is 9.95. The molecular formula is C18H18O4. The Morgan fingerprint density at radius 3 is 2.14 bits per heavy atom. The summed E-state index contributed by atoms with van der Waals surface area (Å²) in [5, 5.41) is 0. The maximum atomic E-state index is 12.0. The molecule has 0 saturated carbocycles. The molecule has 0 radical (unpaired) electrons. The van der Waals surface area contributed by atoms with Crippen molar-refractivity contribution in [2.75, 3.05) is 14.2 Å². The number of benzene rings is 2. The SMILES string of the molecule is COC(=O)c1cc(C)cc(-c2ccc(C)cc2C(=O)OC)c1. The summed E-state index contributed by atoms with van der Waals surface area (Å²) in [6, 6.07) is 10.9. The van der Waals surface area contributed by atoms with E-state index in [9.17, 15) is 9.59 Å². The molecule has 2 aromatic rings. The third-order valence-corrected chi connectivity index (χ3v) is 3.39. The van der Waals surface area contributed by atoms with Gasteiger partial charge in [-0.3, -0.25) is 0 Å². The number of carbonyl (C=O) groups is 2. The number of ether oxygens (including phenoxy) is 2. The first-order valence-electron chi connectivity index (χ1n) is 6.85. The van der Waals surface area contributed by atoms with Crippen LogP contribution in [0, 0.1) is 13.8 Å². The van der Waals surface area contributed by atoms with Crippen molar-refractivity contribution in [2.24, 2.45) is 0 Å². The van der Waals surface area contributed by atoms with E-state index in [-0.39, 0.29) is 0 Å². The zero-order chi connectivity index (χ0) is 16.3. The Bertz CT molecular complexity index is 732. The van der Waals surface area contributed by atoms with Crippen LogP contribution in [-0.2, 0) is 9.47 Å². The molecule has 4 heteroatoms. The lowest BCUT2D eigenvalue weighted by Gasteiger charge is -2.11. The number of carbonyl (C=O) groups excluding carboxylic acids is 2. The Kier molecular flexibility index (Phi) is 4.61. The number of hydrogen-bond donors (Lipinski definition) is 0. The van der Waals surface area contributed by atoms with Crippen LogP contribution < -0.4 is 0 Å². The lowest BCUT2D eigenvalue weighted by molar-refractivity contribution is 0.0593. The Balaban J connectivity index is 2.64. The van der Waals surface area contributed by atoms with Crippen molar-refractivity contribution in [3.63, 3.8) is 0 Å². The summed E-state index contributed by atoms with van der Waals surface area (Å²) >= 11 is 0. The summed E-state index contributed by atoms with van der Waals surface area (Å²) in [6.45, 7) is 3.80. The molecule has 0 amide bonds. The summed E-state index contributed by atoms with van der Waals surface area (Å²) in [5.74, 6) is -0.809. The predicted octanol–water partition coefficient (Wildman–Crippen LogP) is 3.54. The molecule has 2 rings (SSSR count). The number of methoxy groups -OCH3 is 2. The Labute approximate surface area is 129 Å². The molecule has 0 aliphatic carbocycles. The first kappa shape index (κ1) is 15.8. The molecule has 2 aromatic carbocycles. The molecule has 0 aliphatic rings. The van der Waals surface area contributed by atoms with E-state index < -0.39 is 11.9 Å². The van der Waals surface area contributed by atoms with Gasteiger partial charge in [-0.2, -0.15) is 0 Å². The Morgan fingerprint density at radius 1 is 0.818 bits per heavy atom. The highest BCUT2D eigenvalue weighted by Gasteiger charge is 2.16. The van der Waals surface area contributed by atoms with Gasteiger partial charge in [0.25, 0.3) is 0 Å². The summed E-state index contributed by atoms with van der Waals surface area (Å²) < 4.78 is 9.62. The molecule has 114 valence electrons. The minimum Gasteiger partial charge on any atom is -0.465 e. The summed E-state index contributed by atoms with van der Waals surface area (Å²) in [5.41, 5.74) is 4.31. The molecule has 0 bridgehead atoms. The smallest absolute Gasteiger partial charge is 0.338 e. The molecule has 22 heavy (non-hydrogen) atoms. The van der Waals surface area contributed by atoms with Crippen LogP contribution in [-0.4, -0.2) is 26.2 Å². The molecule has 0 N–H and O–H groups in total. The van der Waals surface area contributed by atoms with Crippen LogP contribution in [0.2, 0.25) is 0 Å². The maximum Gasteiger partial charge on any atom is 0.338 e. The first-order valence-corrected chi connectivity index (χ1v) is 6.85. The minimum atomic E-state index is -0.406. The average molecular weight is 298 g/mol. The quantitative estimate of drug-likeness (QED) is 0.813. The van der Waals surface area contributed by atoms with Gasteiger partial charge in [-0.25, -0.2) is 9.59 Å². The van der Waals surface area contributed by atoms with Gasteiger partial charge in [0.2, 0.25) is 0 Å². The van der Waals surface area contributed by atoms with Crippen molar-refractivity contribution >= 4 is 11.9 Å². The van der Waals surface area contributed by atoms with Crippen LogP contribution >= 0.6 is 0 Å². The normalized spacial score (nSPS) is 10.2. The van der Waals surface area contributed by atoms with Crippen LogP contribution in [0.15, 0.2) is 36.4 Å². The molecule has 4 nitrogen and oxygen atoms in total. The van der Waals surface area contributed by atoms with Gasteiger partial charge in [-0.1, -0.05) is 23.8 Å². The second-order valence-electron chi connectivity index (χ2n) is 5.12. The van der Waals surface area contributed by atoms with Crippen molar-refractivity contribution in [3.05, 3.63) is 58.7 Å². The van der Waals surface area contributed by atoms with Crippen LogP contribution in [0.1, 0.15) is 31.8 Å². The van der Waals surface area contributed by atoms with E-state index in [4.69, 9.17) is 9.47 Å². The van der Waals surface area contributed by atoms with Crippen molar-refractivity contribution in [1.29, 1.82) is 0 Å². The van der Waals surface area contributed by atoms with Gasteiger partial charge in [0.1, 0.15) is 0 Å². The second kappa shape index (κ2) is 6.43. The monoisotopic (exact) mass is 298 g/mol. The number of esters is 2. The molecule has 0 aliphatic heterocycles. The molecule has 0 fully saturated rings. The minimum absolute atomic E-state index is 0.403. The van der Waals surface area contributed by atoms with Crippen LogP contribution in [0.25, 0.3) is 11.1 Å². The number of rotatable bonds is 3. The summed E-state index contributed by atoms with van der Waals surface area (Å²) in [4.78, 5) is 23.8. The highest BCUT2D eigenvalue weighted by Crippen LogP contribution is 2.27. The average Bonchev–Trinajstić information content (AvgIpc) is 2.52. The Hall–Kier alpha value is -2.62. The summed E-state index contributed by atoms with van der Waals surface area (Å²) in [7, 11) is 2.70. The molecule has 0 spiro atoms. The lowest BCUT2D eigenvalue weighted by Crippen LogP contribution is -2.05. The van der Waals surface area contributed by atoms with Crippen molar-refractivity contribution in [2.45, 2.75) is 13.8 Å². The van der Waals surface area contributed by atoms with E-state index in [2.05, 4.69) is 0 Å². The van der Waals surface area contributed by atoms with Crippen molar-refractivity contribution < 1.29 is 19.1 Å². The zero-order valence-corrected chi connectivity index (χ0v) is 13.1. The third-order valence-electron chi connectivity index (χ3n) is 3.39. The van der Waals surface area contributed by atoms with Crippen LogP contribution in [0.4, 0.5) is 0 Å².